The van der Waals surface area contributed by atoms with E-state index < -0.39 is 11.7 Å². The molecule has 1 heterocycles. The van der Waals surface area contributed by atoms with Crippen molar-refractivity contribution < 1.29 is 13.9 Å². The molecule has 2 rings (SSSR count). The Hall–Kier alpha value is -2.43. The van der Waals surface area contributed by atoms with Crippen LogP contribution in [0, 0.1) is 5.82 Å². The zero-order chi connectivity index (χ0) is 16.9. The second kappa shape index (κ2) is 7.22. The van der Waals surface area contributed by atoms with Crippen LogP contribution in [0.5, 0.6) is 0 Å². The number of hydrogen-bond acceptors (Lipinski definition) is 3. The number of carbonyl (C=O) groups excluding carboxylic acids is 1. The number of halogens is 1. The van der Waals surface area contributed by atoms with Gasteiger partial charge in [0.25, 0.3) is 0 Å². The van der Waals surface area contributed by atoms with Crippen molar-refractivity contribution >= 4 is 6.09 Å². The lowest BCUT2D eigenvalue weighted by molar-refractivity contribution is 0.0523. The van der Waals surface area contributed by atoms with Gasteiger partial charge in [-0.25, -0.2) is 9.18 Å². The number of amides is 1. The Morgan fingerprint density at radius 3 is 2.35 bits per heavy atom. The molecule has 2 aromatic rings. The smallest absolute Gasteiger partial charge is 0.407 e. The highest BCUT2D eigenvalue weighted by Gasteiger charge is 2.15. The number of nitrogens with zero attached hydrogens (tertiary/aromatic N) is 1. The highest BCUT2D eigenvalue weighted by molar-refractivity contribution is 5.67. The number of aromatic nitrogens is 1. The number of benzene rings is 1. The number of ether oxygens (including phenoxy) is 1. The number of nitrogens with one attached hydrogen (secondary N) is 1. The molecule has 0 aliphatic rings. The monoisotopic (exact) mass is 316 g/mol. The molecule has 1 amide bonds. The maximum atomic E-state index is 12.9. The quantitative estimate of drug-likeness (QED) is 0.932. The van der Waals surface area contributed by atoms with Gasteiger partial charge in [-0.15, -0.1) is 0 Å². The van der Waals surface area contributed by atoms with Gasteiger partial charge in [0, 0.05) is 24.9 Å². The normalized spacial score (nSPS) is 11.1. The van der Waals surface area contributed by atoms with E-state index >= 15 is 0 Å². The zero-order valence-electron chi connectivity index (χ0n) is 13.6. The molecule has 0 saturated heterocycles. The van der Waals surface area contributed by atoms with Crippen LogP contribution in [-0.2, 0) is 17.7 Å². The predicted octanol–water partition coefficient (Wildman–Crippen LogP) is 3.84. The minimum Gasteiger partial charge on any atom is -0.444 e. The van der Waals surface area contributed by atoms with Crippen molar-refractivity contribution in [2.24, 2.45) is 0 Å². The molecule has 5 heteroatoms. The first kappa shape index (κ1) is 16.9. The summed E-state index contributed by atoms with van der Waals surface area (Å²) < 4.78 is 18.0. The summed E-state index contributed by atoms with van der Waals surface area (Å²) in [5, 5.41) is 2.69. The summed E-state index contributed by atoms with van der Waals surface area (Å²) >= 11 is 0. The van der Waals surface area contributed by atoms with Gasteiger partial charge in [0.15, 0.2) is 0 Å². The van der Waals surface area contributed by atoms with Crippen LogP contribution in [0.15, 0.2) is 42.6 Å². The first-order chi connectivity index (χ1) is 10.8. The number of alkyl carbamates (subject to hydrolysis) is 1. The van der Waals surface area contributed by atoms with Crippen LogP contribution in [0.4, 0.5) is 9.18 Å². The molecule has 0 unspecified atom stereocenters. The third-order valence-corrected chi connectivity index (χ3v) is 3.02. The Bertz CT molecular complexity index is 646. The second-order valence-corrected chi connectivity index (χ2v) is 6.32. The summed E-state index contributed by atoms with van der Waals surface area (Å²) in [5.41, 5.74) is 2.26. The zero-order valence-corrected chi connectivity index (χ0v) is 13.6. The highest BCUT2D eigenvalue weighted by atomic mass is 19.1. The third kappa shape index (κ3) is 6.06. The number of pyridine rings is 1. The summed E-state index contributed by atoms with van der Waals surface area (Å²) in [6.45, 7) is 5.81. The molecule has 122 valence electrons. The largest absolute Gasteiger partial charge is 0.444 e. The van der Waals surface area contributed by atoms with Crippen LogP contribution in [0.3, 0.4) is 0 Å². The van der Waals surface area contributed by atoms with Gasteiger partial charge in [0.05, 0.1) is 0 Å². The molecule has 0 spiro atoms. The van der Waals surface area contributed by atoms with Crippen LogP contribution in [0.2, 0.25) is 0 Å². The minimum absolute atomic E-state index is 0.245. The molecule has 0 radical (unpaired) electrons. The number of rotatable bonds is 4. The van der Waals surface area contributed by atoms with Gasteiger partial charge in [-0.2, -0.15) is 0 Å². The first-order valence-corrected chi connectivity index (χ1v) is 7.47. The van der Waals surface area contributed by atoms with Crippen molar-refractivity contribution in [2.75, 3.05) is 0 Å². The lowest BCUT2D eigenvalue weighted by atomic mass is 10.1. The van der Waals surface area contributed by atoms with Crippen LogP contribution in [0.1, 0.15) is 37.6 Å². The topological polar surface area (TPSA) is 51.2 Å². The molecular weight excluding hydrogens is 295 g/mol. The highest BCUT2D eigenvalue weighted by Crippen LogP contribution is 2.10. The molecule has 1 aromatic heterocycles. The van der Waals surface area contributed by atoms with E-state index in [9.17, 15) is 9.18 Å². The number of carbonyl (C=O) groups is 1. The third-order valence-electron chi connectivity index (χ3n) is 3.02. The van der Waals surface area contributed by atoms with Crippen molar-refractivity contribution in [1.82, 2.24) is 10.3 Å². The van der Waals surface area contributed by atoms with Crippen molar-refractivity contribution in [1.29, 1.82) is 0 Å². The molecule has 0 atom stereocenters. The molecule has 4 nitrogen and oxygen atoms in total. The fraction of sp³-hybridized carbons (Fsp3) is 0.333. The maximum Gasteiger partial charge on any atom is 0.407 e. The molecule has 0 aliphatic carbocycles. The van der Waals surface area contributed by atoms with E-state index in [0.29, 0.717) is 13.0 Å². The second-order valence-electron chi connectivity index (χ2n) is 6.32. The Morgan fingerprint density at radius 1 is 1.13 bits per heavy atom. The summed E-state index contributed by atoms with van der Waals surface area (Å²) in [7, 11) is 0. The standard InChI is InChI=1S/C18H21FN2O2/c1-18(2,3)23-17(22)21-12-14-6-9-16(20-11-14)10-13-4-7-15(19)8-5-13/h4-9,11H,10,12H2,1-3H3,(H,21,22). The van der Waals surface area contributed by atoms with E-state index in [4.69, 9.17) is 4.74 Å². The Morgan fingerprint density at radius 2 is 1.78 bits per heavy atom. The van der Waals surface area contributed by atoms with E-state index in [0.717, 1.165) is 16.8 Å². The van der Waals surface area contributed by atoms with E-state index in [1.165, 1.54) is 12.1 Å². The van der Waals surface area contributed by atoms with Crippen LogP contribution < -0.4 is 5.32 Å². The van der Waals surface area contributed by atoms with E-state index in [1.807, 2.05) is 32.9 Å². The van der Waals surface area contributed by atoms with Crippen LogP contribution in [-0.4, -0.2) is 16.7 Å². The van der Waals surface area contributed by atoms with Gasteiger partial charge in [0.2, 0.25) is 0 Å². The summed E-state index contributed by atoms with van der Waals surface area (Å²) in [5.74, 6) is -0.245. The van der Waals surface area contributed by atoms with Gasteiger partial charge in [-0.3, -0.25) is 4.98 Å². The molecule has 23 heavy (non-hydrogen) atoms. The Kier molecular flexibility index (Phi) is 5.32. The average Bonchev–Trinajstić information content (AvgIpc) is 2.47. The lowest BCUT2D eigenvalue weighted by Crippen LogP contribution is -2.32. The molecule has 0 aliphatic heterocycles. The van der Waals surface area contributed by atoms with Crippen molar-refractivity contribution in [3.63, 3.8) is 0 Å². The minimum atomic E-state index is -0.513. The van der Waals surface area contributed by atoms with Gasteiger partial charge in [0.1, 0.15) is 11.4 Å². The Balaban J connectivity index is 1.87. The van der Waals surface area contributed by atoms with Gasteiger partial charge >= 0.3 is 6.09 Å². The molecular formula is C18H21FN2O2. The fourth-order valence-electron chi connectivity index (χ4n) is 1.96. The van der Waals surface area contributed by atoms with Crippen molar-refractivity contribution in [3.05, 3.63) is 65.2 Å². The molecule has 0 fully saturated rings. The van der Waals surface area contributed by atoms with Gasteiger partial charge < -0.3 is 10.1 Å². The molecule has 1 aromatic carbocycles. The van der Waals surface area contributed by atoms with Crippen LogP contribution in [0.25, 0.3) is 0 Å². The van der Waals surface area contributed by atoms with Gasteiger partial charge in [-0.1, -0.05) is 18.2 Å². The van der Waals surface area contributed by atoms with Crippen LogP contribution >= 0.6 is 0 Å². The van der Waals surface area contributed by atoms with E-state index in [1.54, 1.807) is 18.3 Å². The first-order valence-electron chi connectivity index (χ1n) is 7.47. The SMILES string of the molecule is CC(C)(C)OC(=O)NCc1ccc(Cc2ccc(F)cc2)nc1. The average molecular weight is 316 g/mol. The van der Waals surface area contributed by atoms with E-state index in [-0.39, 0.29) is 5.82 Å². The van der Waals surface area contributed by atoms with E-state index in [2.05, 4.69) is 10.3 Å². The fourth-order valence-corrected chi connectivity index (χ4v) is 1.96. The molecule has 1 N–H and O–H groups in total. The number of hydrogen-bond donors (Lipinski definition) is 1. The van der Waals surface area contributed by atoms with Crippen molar-refractivity contribution in [3.8, 4) is 0 Å². The summed E-state index contributed by atoms with van der Waals surface area (Å²) in [6, 6.07) is 10.2. The summed E-state index contributed by atoms with van der Waals surface area (Å²) in [6.07, 6.45) is 1.91. The summed E-state index contributed by atoms with van der Waals surface area (Å²) in [4.78, 5) is 15.9. The van der Waals surface area contributed by atoms with Gasteiger partial charge in [-0.05, 0) is 50.1 Å². The Labute approximate surface area is 135 Å². The van der Waals surface area contributed by atoms with Crippen molar-refractivity contribution in [2.45, 2.75) is 39.3 Å². The molecule has 0 saturated carbocycles. The maximum absolute atomic E-state index is 12.9. The predicted molar refractivity (Wildman–Crippen MR) is 86.5 cm³/mol. The molecule has 0 bridgehead atoms. The lowest BCUT2D eigenvalue weighted by Gasteiger charge is -2.19.